The van der Waals surface area contributed by atoms with Gasteiger partial charge in [0.15, 0.2) is 0 Å². The number of amides is 2. The molecule has 2 aromatic carbocycles. The standard InChI is InChI=1S/C22H26ClFN2O3/c1-3-20(22(28)25-2)26(15-16-6-10-18(24)11-7-16)21(27)5-4-14-29-19-12-8-17(23)9-13-19/h6-13,20H,3-5,14-15H2,1-2H3,(H,25,28)/t20-/m0/s1. The van der Waals surface area contributed by atoms with Crippen molar-refractivity contribution in [1.82, 2.24) is 10.2 Å². The summed E-state index contributed by atoms with van der Waals surface area (Å²) >= 11 is 5.85. The van der Waals surface area contributed by atoms with E-state index in [1.165, 1.54) is 12.1 Å². The summed E-state index contributed by atoms with van der Waals surface area (Å²) in [4.78, 5) is 26.7. The van der Waals surface area contributed by atoms with Crippen LogP contribution in [0.25, 0.3) is 0 Å². The average molecular weight is 421 g/mol. The molecule has 1 atom stereocenters. The van der Waals surface area contributed by atoms with Crippen molar-refractivity contribution in [2.24, 2.45) is 0 Å². The first-order valence-electron chi connectivity index (χ1n) is 9.58. The molecular weight excluding hydrogens is 395 g/mol. The van der Waals surface area contributed by atoms with E-state index in [2.05, 4.69) is 5.32 Å². The van der Waals surface area contributed by atoms with Crippen LogP contribution in [-0.4, -0.2) is 36.4 Å². The fourth-order valence-corrected chi connectivity index (χ4v) is 3.09. The van der Waals surface area contributed by atoms with Crippen LogP contribution in [0.5, 0.6) is 5.75 Å². The minimum atomic E-state index is -0.588. The van der Waals surface area contributed by atoms with Gasteiger partial charge in [0, 0.05) is 25.0 Å². The van der Waals surface area contributed by atoms with Gasteiger partial charge in [0.05, 0.1) is 6.61 Å². The van der Waals surface area contributed by atoms with Crippen molar-refractivity contribution in [2.75, 3.05) is 13.7 Å². The lowest BCUT2D eigenvalue weighted by Gasteiger charge is -2.30. The molecule has 2 amide bonds. The number of ether oxygens (including phenoxy) is 1. The summed E-state index contributed by atoms with van der Waals surface area (Å²) in [5.41, 5.74) is 0.763. The van der Waals surface area contributed by atoms with Crippen molar-refractivity contribution in [3.8, 4) is 5.75 Å². The van der Waals surface area contributed by atoms with E-state index in [1.54, 1.807) is 48.3 Å². The molecule has 0 aromatic heterocycles. The van der Waals surface area contributed by atoms with Gasteiger partial charge in [0.1, 0.15) is 17.6 Å². The maximum Gasteiger partial charge on any atom is 0.242 e. The number of carbonyl (C=O) groups is 2. The van der Waals surface area contributed by atoms with Crippen molar-refractivity contribution in [3.05, 3.63) is 64.9 Å². The molecule has 0 saturated carbocycles. The monoisotopic (exact) mass is 420 g/mol. The first kappa shape index (κ1) is 22.7. The van der Waals surface area contributed by atoms with E-state index in [0.29, 0.717) is 30.2 Å². The summed E-state index contributed by atoms with van der Waals surface area (Å²) < 4.78 is 18.8. The Morgan fingerprint density at radius 2 is 1.79 bits per heavy atom. The number of halogens is 2. The zero-order chi connectivity index (χ0) is 21.2. The highest BCUT2D eigenvalue weighted by atomic mass is 35.5. The topological polar surface area (TPSA) is 58.6 Å². The van der Waals surface area contributed by atoms with Gasteiger partial charge in [-0.05, 0) is 54.8 Å². The maximum absolute atomic E-state index is 13.2. The van der Waals surface area contributed by atoms with Crippen molar-refractivity contribution < 1.29 is 18.7 Å². The third-order valence-electron chi connectivity index (χ3n) is 4.52. The Labute approximate surface area is 175 Å². The molecule has 0 aliphatic carbocycles. The molecule has 0 spiro atoms. The van der Waals surface area contributed by atoms with E-state index in [-0.39, 0.29) is 30.6 Å². The third-order valence-corrected chi connectivity index (χ3v) is 4.77. The van der Waals surface area contributed by atoms with Crippen molar-refractivity contribution in [1.29, 1.82) is 0 Å². The number of nitrogens with zero attached hydrogens (tertiary/aromatic N) is 1. The van der Waals surface area contributed by atoms with E-state index >= 15 is 0 Å². The minimum absolute atomic E-state index is 0.149. The van der Waals surface area contributed by atoms with Crippen LogP contribution in [0.4, 0.5) is 4.39 Å². The molecule has 156 valence electrons. The lowest BCUT2D eigenvalue weighted by Crippen LogP contribution is -2.48. The number of rotatable bonds is 10. The summed E-state index contributed by atoms with van der Waals surface area (Å²) in [5.74, 6) is -0.0315. The Bertz CT molecular complexity index is 797. The predicted octanol–water partition coefficient (Wildman–Crippen LogP) is 4.19. The largest absolute Gasteiger partial charge is 0.494 e. The summed E-state index contributed by atoms with van der Waals surface area (Å²) in [6.45, 7) is 2.46. The Kier molecular flexibility index (Phi) is 8.93. The summed E-state index contributed by atoms with van der Waals surface area (Å²) in [5, 5.41) is 3.24. The molecule has 0 bridgehead atoms. The highest BCUT2D eigenvalue weighted by molar-refractivity contribution is 6.30. The first-order chi connectivity index (χ1) is 13.9. The average Bonchev–Trinajstić information content (AvgIpc) is 2.73. The highest BCUT2D eigenvalue weighted by Crippen LogP contribution is 2.17. The lowest BCUT2D eigenvalue weighted by atomic mass is 10.1. The number of nitrogens with one attached hydrogen (secondary N) is 1. The van der Waals surface area contributed by atoms with Gasteiger partial charge >= 0.3 is 0 Å². The van der Waals surface area contributed by atoms with Crippen LogP contribution in [0.1, 0.15) is 31.7 Å². The number of benzene rings is 2. The summed E-state index contributed by atoms with van der Waals surface area (Å²) in [7, 11) is 1.55. The molecule has 29 heavy (non-hydrogen) atoms. The Morgan fingerprint density at radius 1 is 1.14 bits per heavy atom. The van der Waals surface area contributed by atoms with Gasteiger partial charge in [0.2, 0.25) is 11.8 Å². The molecule has 2 aromatic rings. The second kappa shape index (κ2) is 11.4. The maximum atomic E-state index is 13.2. The summed E-state index contributed by atoms with van der Waals surface area (Å²) in [6, 6.07) is 12.4. The molecule has 0 aliphatic heterocycles. The van der Waals surface area contributed by atoms with Gasteiger partial charge in [-0.3, -0.25) is 9.59 Å². The van der Waals surface area contributed by atoms with Gasteiger partial charge in [-0.25, -0.2) is 4.39 Å². The van der Waals surface area contributed by atoms with E-state index in [1.807, 2.05) is 6.92 Å². The number of likely N-dealkylation sites (N-methyl/N-ethyl adjacent to an activating group) is 1. The van der Waals surface area contributed by atoms with E-state index < -0.39 is 6.04 Å². The molecular formula is C22H26ClFN2O3. The third kappa shape index (κ3) is 7.06. The molecule has 0 unspecified atom stereocenters. The Hall–Kier alpha value is -2.60. The SMILES string of the molecule is CC[C@@H](C(=O)NC)N(Cc1ccc(F)cc1)C(=O)CCCOc1ccc(Cl)cc1. The van der Waals surface area contributed by atoms with E-state index in [0.717, 1.165) is 5.56 Å². The number of hydrogen-bond acceptors (Lipinski definition) is 3. The summed E-state index contributed by atoms with van der Waals surface area (Å²) in [6.07, 6.45) is 1.22. The van der Waals surface area contributed by atoms with E-state index in [9.17, 15) is 14.0 Å². The normalized spacial score (nSPS) is 11.6. The van der Waals surface area contributed by atoms with E-state index in [4.69, 9.17) is 16.3 Å². The van der Waals surface area contributed by atoms with Crippen LogP contribution in [0.3, 0.4) is 0 Å². The van der Waals surface area contributed by atoms with Crippen LogP contribution in [0.2, 0.25) is 5.02 Å². The van der Waals surface area contributed by atoms with Crippen LogP contribution < -0.4 is 10.1 Å². The van der Waals surface area contributed by atoms with Crippen LogP contribution in [-0.2, 0) is 16.1 Å². The zero-order valence-corrected chi connectivity index (χ0v) is 17.4. The van der Waals surface area contributed by atoms with Gasteiger partial charge in [-0.2, -0.15) is 0 Å². The smallest absolute Gasteiger partial charge is 0.242 e. The molecule has 2 rings (SSSR count). The van der Waals surface area contributed by atoms with Gasteiger partial charge in [-0.15, -0.1) is 0 Å². The van der Waals surface area contributed by atoms with Gasteiger partial charge in [-0.1, -0.05) is 30.7 Å². The molecule has 0 radical (unpaired) electrons. The van der Waals surface area contributed by atoms with Crippen LogP contribution in [0.15, 0.2) is 48.5 Å². The second-order valence-electron chi connectivity index (χ2n) is 6.59. The molecule has 1 N–H and O–H groups in total. The van der Waals surface area contributed by atoms with Crippen LogP contribution >= 0.6 is 11.6 Å². The van der Waals surface area contributed by atoms with Crippen molar-refractivity contribution in [2.45, 2.75) is 38.8 Å². The second-order valence-corrected chi connectivity index (χ2v) is 7.03. The quantitative estimate of drug-likeness (QED) is 0.586. The predicted molar refractivity (Wildman–Crippen MR) is 111 cm³/mol. The Balaban J connectivity index is 1.99. The minimum Gasteiger partial charge on any atom is -0.494 e. The Morgan fingerprint density at radius 3 is 2.38 bits per heavy atom. The van der Waals surface area contributed by atoms with Crippen molar-refractivity contribution >= 4 is 23.4 Å². The molecule has 0 saturated heterocycles. The molecule has 0 fully saturated rings. The van der Waals surface area contributed by atoms with Gasteiger partial charge < -0.3 is 15.0 Å². The van der Waals surface area contributed by atoms with Crippen LogP contribution in [0, 0.1) is 5.82 Å². The number of hydrogen-bond donors (Lipinski definition) is 1. The first-order valence-corrected chi connectivity index (χ1v) is 9.96. The molecule has 5 nitrogen and oxygen atoms in total. The molecule has 7 heteroatoms. The molecule has 0 heterocycles. The van der Waals surface area contributed by atoms with Gasteiger partial charge in [0.25, 0.3) is 0 Å². The fraction of sp³-hybridized carbons (Fsp3) is 0.364. The highest BCUT2D eigenvalue weighted by Gasteiger charge is 2.27. The lowest BCUT2D eigenvalue weighted by molar-refractivity contribution is -0.141. The number of carbonyl (C=O) groups excluding carboxylic acids is 2. The van der Waals surface area contributed by atoms with Crippen molar-refractivity contribution in [3.63, 3.8) is 0 Å². The molecule has 0 aliphatic rings. The zero-order valence-electron chi connectivity index (χ0n) is 16.7. The fourth-order valence-electron chi connectivity index (χ4n) is 2.96.